The Labute approximate surface area is 92.5 Å². The molecule has 0 atom stereocenters. The van der Waals surface area contributed by atoms with Gasteiger partial charge in [0.25, 0.3) is 0 Å². The summed E-state index contributed by atoms with van der Waals surface area (Å²) in [5.74, 6) is -0.362. The number of fused-ring (bicyclic) bond motifs is 1. The molecule has 84 valence electrons. The summed E-state index contributed by atoms with van der Waals surface area (Å²) < 4.78 is 18.3. The van der Waals surface area contributed by atoms with Crippen molar-refractivity contribution in [3.63, 3.8) is 0 Å². The van der Waals surface area contributed by atoms with E-state index in [2.05, 4.69) is 0 Å². The van der Waals surface area contributed by atoms with Gasteiger partial charge in [-0.3, -0.25) is 4.79 Å². The Morgan fingerprint density at radius 3 is 2.88 bits per heavy atom. The number of benzene rings is 1. The third-order valence-electron chi connectivity index (χ3n) is 2.46. The van der Waals surface area contributed by atoms with Crippen LogP contribution in [-0.4, -0.2) is 24.9 Å². The average Bonchev–Trinajstić information content (AvgIpc) is 2.61. The monoisotopic (exact) mass is 221 g/mol. The maximum absolute atomic E-state index is 13.1. The summed E-state index contributed by atoms with van der Waals surface area (Å²) in [4.78, 5) is 13.0. The molecule has 0 saturated heterocycles. The van der Waals surface area contributed by atoms with E-state index < -0.39 is 0 Å². The highest BCUT2D eigenvalue weighted by Crippen LogP contribution is 2.22. The minimum absolute atomic E-state index is 0.0352. The Bertz CT molecular complexity index is 531. The summed E-state index contributed by atoms with van der Waals surface area (Å²) in [6.07, 6.45) is 1.73. The summed E-state index contributed by atoms with van der Waals surface area (Å²) in [6.45, 7) is 0. The molecule has 0 aliphatic carbocycles. The van der Waals surface area contributed by atoms with E-state index in [-0.39, 0.29) is 18.1 Å². The van der Waals surface area contributed by atoms with Crippen LogP contribution in [-0.2, 0) is 11.2 Å². The van der Waals surface area contributed by atoms with E-state index in [1.54, 1.807) is 20.2 Å². The van der Waals surface area contributed by atoms with Crippen molar-refractivity contribution >= 4 is 16.9 Å². The number of halogens is 1. The molecule has 2 aromatic rings. The zero-order valence-electron chi connectivity index (χ0n) is 9.16. The molecule has 0 radical (unpaired) electrons. The second kappa shape index (κ2) is 3.96. The van der Waals surface area contributed by atoms with E-state index in [1.165, 1.54) is 23.3 Å². The van der Waals surface area contributed by atoms with Crippen molar-refractivity contribution in [1.82, 2.24) is 4.90 Å². The maximum Gasteiger partial charge on any atom is 0.226 e. The van der Waals surface area contributed by atoms with Crippen LogP contribution in [0.5, 0.6) is 0 Å². The summed E-state index contributed by atoms with van der Waals surface area (Å²) in [5.41, 5.74) is 1.32. The van der Waals surface area contributed by atoms with Crippen molar-refractivity contribution in [3.05, 3.63) is 35.8 Å². The van der Waals surface area contributed by atoms with E-state index in [0.717, 1.165) is 0 Å². The molecule has 0 N–H and O–H groups in total. The van der Waals surface area contributed by atoms with Crippen LogP contribution in [0.2, 0.25) is 0 Å². The van der Waals surface area contributed by atoms with Gasteiger partial charge in [0.15, 0.2) is 0 Å². The number of nitrogens with zero attached hydrogens (tertiary/aromatic N) is 1. The van der Waals surface area contributed by atoms with Crippen LogP contribution in [0.4, 0.5) is 4.39 Å². The van der Waals surface area contributed by atoms with E-state index in [1.807, 2.05) is 0 Å². The lowest BCUT2D eigenvalue weighted by molar-refractivity contribution is -0.127. The molecule has 0 spiro atoms. The van der Waals surface area contributed by atoms with E-state index in [4.69, 9.17) is 4.42 Å². The molecule has 0 bridgehead atoms. The van der Waals surface area contributed by atoms with E-state index in [0.29, 0.717) is 16.5 Å². The maximum atomic E-state index is 13.1. The second-order valence-corrected chi connectivity index (χ2v) is 3.87. The molecule has 0 aliphatic heterocycles. The van der Waals surface area contributed by atoms with Crippen molar-refractivity contribution in [1.29, 1.82) is 0 Å². The van der Waals surface area contributed by atoms with Crippen LogP contribution in [0.3, 0.4) is 0 Å². The van der Waals surface area contributed by atoms with Crippen LogP contribution < -0.4 is 0 Å². The largest absolute Gasteiger partial charge is 0.464 e. The quantitative estimate of drug-likeness (QED) is 0.779. The lowest BCUT2D eigenvalue weighted by atomic mass is 10.1. The van der Waals surface area contributed by atoms with Gasteiger partial charge in [-0.2, -0.15) is 0 Å². The van der Waals surface area contributed by atoms with Crippen LogP contribution in [0.15, 0.2) is 28.9 Å². The molecule has 0 unspecified atom stereocenters. The van der Waals surface area contributed by atoms with Gasteiger partial charge in [-0.1, -0.05) is 0 Å². The molecular weight excluding hydrogens is 209 g/mol. The highest BCUT2D eigenvalue weighted by Gasteiger charge is 2.12. The van der Waals surface area contributed by atoms with Gasteiger partial charge in [-0.05, 0) is 18.2 Å². The van der Waals surface area contributed by atoms with Crippen molar-refractivity contribution in [3.8, 4) is 0 Å². The normalized spacial score (nSPS) is 10.7. The zero-order chi connectivity index (χ0) is 11.7. The molecule has 1 aromatic carbocycles. The zero-order valence-corrected chi connectivity index (χ0v) is 9.16. The van der Waals surface area contributed by atoms with Crippen LogP contribution in [0.25, 0.3) is 11.0 Å². The van der Waals surface area contributed by atoms with Gasteiger partial charge in [0.2, 0.25) is 5.91 Å². The predicted octanol–water partition coefficient (Wildman–Crippen LogP) is 2.20. The standard InChI is InChI=1S/C12H12FNO2/c1-14(2)12(15)5-8-7-16-11-4-3-9(13)6-10(8)11/h3-4,6-7H,5H2,1-2H3. The van der Waals surface area contributed by atoms with Gasteiger partial charge in [0.1, 0.15) is 11.4 Å². The fourth-order valence-electron chi connectivity index (χ4n) is 1.51. The Balaban J connectivity index is 2.38. The first-order valence-electron chi connectivity index (χ1n) is 4.93. The molecule has 16 heavy (non-hydrogen) atoms. The van der Waals surface area contributed by atoms with Crippen LogP contribution in [0.1, 0.15) is 5.56 Å². The fraction of sp³-hybridized carbons (Fsp3) is 0.250. The molecule has 1 heterocycles. The molecule has 4 heteroatoms. The number of furan rings is 1. The van der Waals surface area contributed by atoms with Crippen LogP contribution in [0, 0.1) is 5.82 Å². The van der Waals surface area contributed by atoms with Crippen molar-refractivity contribution in [2.24, 2.45) is 0 Å². The molecule has 2 rings (SSSR count). The van der Waals surface area contributed by atoms with E-state index in [9.17, 15) is 9.18 Å². The summed E-state index contributed by atoms with van der Waals surface area (Å²) in [7, 11) is 3.37. The van der Waals surface area contributed by atoms with Crippen molar-refractivity contribution in [2.45, 2.75) is 6.42 Å². The highest BCUT2D eigenvalue weighted by atomic mass is 19.1. The number of likely N-dealkylation sites (N-methyl/N-ethyl adjacent to an activating group) is 1. The SMILES string of the molecule is CN(C)C(=O)Cc1coc2ccc(F)cc12. The Hall–Kier alpha value is -1.84. The number of carbonyl (C=O) groups is 1. The number of hydrogen-bond donors (Lipinski definition) is 0. The minimum Gasteiger partial charge on any atom is -0.464 e. The molecular formula is C12H12FNO2. The third kappa shape index (κ3) is 1.91. The lowest BCUT2D eigenvalue weighted by Gasteiger charge is -2.08. The predicted molar refractivity (Wildman–Crippen MR) is 58.6 cm³/mol. The third-order valence-corrected chi connectivity index (χ3v) is 2.46. The summed E-state index contributed by atoms with van der Waals surface area (Å²) >= 11 is 0. The molecule has 0 aliphatic rings. The van der Waals surface area contributed by atoms with Crippen molar-refractivity contribution in [2.75, 3.05) is 14.1 Å². The molecule has 0 saturated carbocycles. The fourth-order valence-corrected chi connectivity index (χ4v) is 1.51. The first-order valence-corrected chi connectivity index (χ1v) is 4.93. The first-order chi connectivity index (χ1) is 7.58. The molecule has 0 fully saturated rings. The van der Waals surface area contributed by atoms with Gasteiger partial charge in [-0.25, -0.2) is 4.39 Å². The van der Waals surface area contributed by atoms with Gasteiger partial charge >= 0.3 is 0 Å². The highest BCUT2D eigenvalue weighted by molar-refractivity contribution is 5.87. The Morgan fingerprint density at radius 1 is 1.44 bits per heavy atom. The van der Waals surface area contributed by atoms with Gasteiger partial charge in [0, 0.05) is 25.0 Å². The van der Waals surface area contributed by atoms with E-state index >= 15 is 0 Å². The summed E-state index contributed by atoms with van der Waals surface area (Å²) in [5, 5.41) is 0.662. The van der Waals surface area contributed by atoms with Crippen molar-refractivity contribution < 1.29 is 13.6 Å². The Kier molecular flexibility index (Phi) is 2.64. The molecule has 3 nitrogen and oxygen atoms in total. The van der Waals surface area contributed by atoms with Crippen LogP contribution >= 0.6 is 0 Å². The second-order valence-electron chi connectivity index (χ2n) is 3.87. The molecule has 1 aromatic heterocycles. The number of amides is 1. The van der Waals surface area contributed by atoms with Gasteiger partial charge in [-0.15, -0.1) is 0 Å². The Morgan fingerprint density at radius 2 is 2.19 bits per heavy atom. The lowest BCUT2D eigenvalue weighted by Crippen LogP contribution is -2.23. The number of rotatable bonds is 2. The van der Waals surface area contributed by atoms with Gasteiger partial charge in [0.05, 0.1) is 12.7 Å². The number of hydrogen-bond acceptors (Lipinski definition) is 2. The smallest absolute Gasteiger partial charge is 0.226 e. The molecule has 1 amide bonds. The topological polar surface area (TPSA) is 33.5 Å². The number of carbonyl (C=O) groups excluding carboxylic acids is 1. The average molecular weight is 221 g/mol. The summed E-state index contributed by atoms with van der Waals surface area (Å²) in [6, 6.07) is 4.29. The first kappa shape index (κ1) is 10.7. The minimum atomic E-state index is -0.326. The van der Waals surface area contributed by atoms with Gasteiger partial charge < -0.3 is 9.32 Å².